The Labute approximate surface area is 119 Å². The molecule has 1 aliphatic rings. The molecule has 0 amide bonds. The van der Waals surface area contributed by atoms with Crippen molar-refractivity contribution >= 4 is 27.2 Å². The molecule has 0 saturated carbocycles. The lowest BCUT2D eigenvalue weighted by Crippen LogP contribution is -2.35. The van der Waals surface area contributed by atoms with E-state index in [0.29, 0.717) is 11.4 Å². The van der Waals surface area contributed by atoms with Gasteiger partial charge >= 0.3 is 0 Å². The third-order valence-electron chi connectivity index (χ3n) is 3.17. The molecule has 1 unspecified atom stereocenters. The summed E-state index contributed by atoms with van der Waals surface area (Å²) in [5.74, 6) is 0.178. The first-order valence-electron chi connectivity index (χ1n) is 6.48. The highest BCUT2D eigenvalue weighted by molar-refractivity contribution is 7.89. The van der Waals surface area contributed by atoms with Crippen molar-refractivity contribution in [1.82, 2.24) is 4.72 Å². The predicted octanol–water partition coefficient (Wildman–Crippen LogP) is 3.22. The van der Waals surface area contributed by atoms with E-state index in [1.54, 1.807) is 0 Å². The van der Waals surface area contributed by atoms with Gasteiger partial charge in [0, 0.05) is 11.1 Å². The molecule has 5 heteroatoms. The molecular weight excluding hydrogens is 282 g/mol. The molecule has 0 fully saturated rings. The van der Waals surface area contributed by atoms with Gasteiger partial charge in [-0.3, -0.25) is 0 Å². The zero-order valence-corrected chi connectivity index (χ0v) is 12.5. The van der Waals surface area contributed by atoms with Crippen LogP contribution in [0.5, 0.6) is 0 Å². The number of rotatable bonds is 5. The Kier molecular flexibility index (Phi) is 4.66. The molecule has 0 aliphatic heterocycles. The second-order valence-corrected chi connectivity index (χ2v) is 7.04. The van der Waals surface area contributed by atoms with Gasteiger partial charge in [-0.05, 0) is 42.5 Å². The van der Waals surface area contributed by atoms with Gasteiger partial charge in [-0.25, -0.2) is 13.1 Å². The summed E-state index contributed by atoms with van der Waals surface area (Å²) in [4.78, 5) is 0. The molecule has 0 bridgehead atoms. The van der Waals surface area contributed by atoms with Crippen LogP contribution >= 0.6 is 11.6 Å². The van der Waals surface area contributed by atoms with Crippen LogP contribution in [0, 0.1) is 0 Å². The molecular formula is C14H18ClNO2S. The third kappa shape index (κ3) is 3.81. The lowest BCUT2D eigenvalue weighted by molar-refractivity contribution is 0.569. The number of nitrogens with one attached hydrogen (secondary N) is 1. The first-order chi connectivity index (χ1) is 9.02. The molecule has 0 radical (unpaired) electrons. The fraction of sp³-hybridized carbons (Fsp3) is 0.429. The Morgan fingerprint density at radius 1 is 1.32 bits per heavy atom. The van der Waals surface area contributed by atoms with E-state index in [2.05, 4.69) is 10.8 Å². The summed E-state index contributed by atoms with van der Waals surface area (Å²) in [5.41, 5.74) is 2.09. The van der Waals surface area contributed by atoms with Crippen molar-refractivity contribution in [2.24, 2.45) is 0 Å². The standard InChI is InChI=1S/C14H18ClNO2S/c1-2-10-19(17,18)16-14-5-3-4-13(14)11-6-8-12(15)9-7-11/h4,6-9,14,16H,2-3,5,10H2,1H3. The van der Waals surface area contributed by atoms with Crippen molar-refractivity contribution in [2.45, 2.75) is 32.2 Å². The molecule has 2 rings (SSSR count). The van der Waals surface area contributed by atoms with Crippen molar-refractivity contribution in [3.63, 3.8) is 0 Å². The lowest BCUT2D eigenvalue weighted by Gasteiger charge is -2.17. The Balaban J connectivity index is 2.15. The van der Waals surface area contributed by atoms with E-state index in [9.17, 15) is 8.42 Å². The van der Waals surface area contributed by atoms with Crippen LogP contribution in [0.4, 0.5) is 0 Å². The quantitative estimate of drug-likeness (QED) is 0.907. The Hall–Kier alpha value is -0.840. The molecule has 1 atom stereocenters. The molecule has 1 aliphatic carbocycles. The van der Waals surface area contributed by atoms with Crippen LogP contribution < -0.4 is 4.72 Å². The van der Waals surface area contributed by atoms with Gasteiger partial charge in [0.2, 0.25) is 10.0 Å². The van der Waals surface area contributed by atoms with E-state index in [0.717, 1.165) is 24.0 Å². The number of halogens is 1. The number of benzene rings is 1. The Bertz CT molecular complexity index is 564. The molecule has 104 valence electrons. The lowest BCUT2D eigenvalue weighted by atomic mass is 10.0. The molecule has 3 nitrogen and oxygen atoms in total. The second-order valence-electron chi connectivity index (χ2n) is 4.73. The molecule has 1 N–H and O–H groups in total. The molecule has 0 heterocycles. The summed E-state index contributed by atoms with van der Waals surface area (Å²) in [6.07, 6.45) is 4.45. The van der Waals surface area contributed by atoms with Gasteiger partial charge in [0.25, 0.3) is 0 Å². The molecule has 1 aromatic rings. The molecule has 1 aromatic carbocycles. The average Bonchev–Trinajstić information content (AvgIpc) is 2.77. The smallest absolute Gasteiger partial charge is 0.212 e. The summed E-state index contributed by atoms with van der Waals surface area (Å²) in [7, 11) is -3.18. The Morgan fingerprint density at radius 3 is 2.63 bits per heavy atom. The van der Waals surface area contributed by atoms with Crippen LogP contribution in [0.25, 0.3) is 5.57 Å². The fourth-order valence-corrected chi connectivity index (χ4v) is 3.79. The van der Waals surface area contributed by atoms with Gasteiger partial charge < -0.3 is 0 Å². The van der Waals surface area contributed by atoms with E-state index in [4.69, 9.17) is 11.6 Å². The van der Waals surface area contributed by atoms with Gasteiger partial charge in [-0.2, -0.15) is 0 Å². The van der Waals surface area contributed by atoms with E-state index in [1.165, 1.54) is 0 Å². The molecule has 19 heavy (non-hydrogen) atoms. The summed E-state index contributed by atoms with van der Waals surface area (Å²) in [6, 6.07) is 7.40. The summed E-state index contributed by atoms with van der Waals surface area (Å²) < 4.78 is 26.5. The van der Waals surface area contributed by atoms with Crippen LogP contribution in [-0.4, -0.2) is 20.2 Å². The number of allylic oxidation sites excluding steroid dienone is 1. The first kappa shape index (κ1) is 14.6. The monoisotopic (exact) mass is 299 g/mol. The van der Waals surface area contributed by atoms with Crippen LogP contribution in [0.15, 0.2) is 30.3 Å². The van der Waals surface area contributed by atoms with Gasteiger partial charge in [0.15, 0.2) is 0 Å². The van der Waals surface area contributed by atoms with E-state index < -0.39 is 10.0 Å². The highest BCUT2D eigenvalue weighted by Gasteiger charge is 2.24. The minimum atomic E-state index is -3.18. The van der Waals surface area contributed by atoms with Crippen molar-refractivity contribution < 1.29 is 8.42 Å². The SMILES string of the molecule is CCCS(=O)(=O)NC1CCC=C1c1ccc(Cl)cc1. The van der Waals surface area contributed by atoms with Crippen LogP contribution in [0.2, 0.25) is 5.02 Å². The highest BCUT2D eigenvalue weighted by atomic mass is 35.5. The average molecular weight is 300 g/mol. The number of hydrogen-bond acceptors (Lipinski definition) is 2. The minimum absolute atomic E-state index is 0.113. The van der Waals surface area contributed by atoms with Crippen molar-refractivity contribution in [3.05, 3.63) is 40.9 Å². The van der Waals surface area contributed by atoms with Crippen molar-refractivity contribution in [3.8, 4) is 0 Å². The Morgan fingerprint density at radius 2 is 2.00 bits per heavy atom. The largest absolute Gasteiger partial charge is 0.212 e. The first-order valence-corrected chi connectivity index (χ1v) is 8.51. The van der Waals surface area contributed by atoms with Gasteiger partial charge in [-0.15, -0.1) is 0 Å². The normalized spacial score (nSPS) is 19.5. The number of sulfonamides is 1. The summed E-state index contributed by atoms with van der Waals surface area (Å²) in [6.45, 7) is 1.86. The summed E-state index contributed by atoms with van der Waals surface area (Å²) >= 11 is 5.87. The van der Waals surface area contributed by atoms with E-state index in [-0.39, 0.29) is 11.8 Å². The molecule has 0 aromatic heterocycles. The maximum Gasteiger partial charge on any atom is 0.212 e. The van der Waals surface area contributed by atoms with Gasteiger partial charge in [0.05, 0.1) is 5.75 Å². The summed E-state index contributed by atoms with van der Waals surface area (Å²) in [5, 5.41) is 0.686. The predicted molar refractivity (Wildman–Crippen MR) is 79.7 cm³/mol. The van der Waals surface area contributed by atoms with Crippen molar-refractivity contribution in [1.29, 1.82) is 0 Å². The van der Waals surface area contributed by atoms with Crippen LogP contribution in [-0.2, 0) is 10.0 Å². The van der Waals surface area contributed by atoms with Crippen LogP contribution in [0.3, 0.4) is 0 Å². The zero-order valence-electron chi connectivity index (χ0n) is 10.9. The number of hydrogen-bond donors (Lipinski definition) is 1. The second kappa shape index (κ2) is 6.07. The van der Waals surface area contributed by atoms with E-state index >= 15 is 0 Å². The van der Waals surface area contributed by atoms with Gasteiger partial charge in [0.1, 0.15) is 0 Å². The maximum atomic E-state index is 11.9. The molecule has 0 saturated heterocycles. The minimum Gasteiger partial charge on any atom is -0.212 e. The fourth-order valence-electron chi connectivity index (χ4n) is 2.33. The van der Waals surface area contributed by atoms with Crippen molar-refractivity contribution in [2.75, 3.05) is 5.75 Å². The van der Waals surface area contributed by atoms with E-state index in [1.807, 2.05) is 31.2 Å². The highest BCUT2D eigenvalue weighted by Crippen LogP contribution is 2.29. The third-order valence-corrected chi connectivity index (χ3v) is 5.01. The zero-order chi connectivity index (χ0) is 13.9. The van der Waals surface area contributed by atoms with Gasteiger partial charge in [-0.1, -0.05) is 36.7 Å². The van der Waals surface area contributed by atoms with Crippen LogP contribution in [0.1, 0.15) is 31.7 Å². The molecule has 0 spiro atoms. The topological polar surface area (TPSA) is 46.2 Å². The maximum absolute atomic E-state index is 11.9.